The normalized spacial score (nSPS) is 17.0. The van der Waals surface area contributed by atoms with Crippen molar-refractivity contribution in [3.63, 3.8) is 0 Å². The van der Waals surface area contributed by atoms with Crippen LogP contribution in [0.1, 0.15) is 31.2 Å². The average Bonchev–Trinajstić information content (AvgIpc) is 2.55. The first-order valence-electron chi connectivity index (χ1n) is 7.57. The molecule has 0 radical (unpaired) electrons. The summed E-state index contributed by atoms with van der Waals surface area (Å²) >= 11 is 0. The lowest BCUT2D eigenvalue weighted by Crippen LogP contribution is -2.37. The van der Waals surface area contributed by atoms with Crippen LogP contribution in [0.4, 0.5) is 8.78 Å². The first kappa shape index (κ1) is 17.1. The monoisotopic (exact) mass is 323 g/mol. The van der Waals surface area contributed by atoms with E-state index in [0.29, 0.717) is 12.8 Å². The van der Waals surface area contributed by atoms with E-state index >= 15 is 0 Å². The van der Waals surface area contributed by atoms with E-state index in [1.54, 1.807) is 0 Å². The van der Waals surface area contributed by atoms with Crippen molar-refractivity contribution < 1.29 is 23.5 Å². The highest BCUT2D eigenvalue weighted by atomic mass is 19.2. The maximum Gasteiger partial charge on any atom is 0.305 e. The van der Waals surface area contributed by atoms with Gasteiger partial charge in [0, 0.05) is 24.6 Å². The van der Waals surface area contributed by atoms with Crippen LogP contribution in [0.15, 0.2) is 30.4 Å². The predicted molar refractivity (Wildman–Crippen MR) is 80.5 cm³/mol. The lowest BCUT2D eigenvalue weighted by atomic mass is 9.93. The largest absolute Gasteiger partial charge is 0.481 e. The molecular weight excluding hydrogens is 304 g/mol. The summed E-state index contributed by atoms with van der Waals surface area (Å²) in [6.45, 7) is -0.153. The van der Waals surface area contributed by atoms with Gasteiger partial charge >= 0.3 is 5.97 Å². The minimum atomic E-state index is -1.04. The van der Waals surface area contributed by atoms with Gasteiger partial charge in [-0.25, -0.2) is 8.78 Å². The van der Waals surface area contributed by atoms with Crippen LogP contribution in [0, 0.1) is 17.6 Å². The fourth-order valence-electron chi connectivity index (χ4n) is 2.65. The molecule has 0 aliphatic heterocycles. The highest BCUT2D eigenvalue weighted by molar-refractivity contribution is 5.79. The summed E-state index contributed by atoms with van der Waals surface area (Å²) in [7, 11) is 0. The summed E-state index contributed by atoms with van der Waals surface area (Å²) in [4.78, 5) is 24.7. The van der Waals surface area contributed by atoms with Crippen LogP contribution in [0.2, 0.25) is 0 Å². The predicted octanol–water partition coefficient (Wildman–Crippen LogP) is 3.12. The van der Waals surface area contributed by atoms with E-state index in [2.05, 4.69) is 0 Å². The molecule has 0 aromatic heterocycles. The Morgan fingerprint density at radius 1 is 1.26 bits per heavy atom. The number of halogens is 2. The molecule has 1 aliphatic carbocycles. The lowest BCUT2D eigenvalue weighted by molar-refractivity contribution is -0.140. The molecule has 1 aliphatic rings. The second kappa shape index (κ2) is 7.85. The van der Waals surface area contributed by atoms with Crippen molar-refractivity contribution in [3.8, 4) is 0 Å². The number of aliphatic carboxylic acids is 1. The van der Waals surface area contributed by atoms with E-state index in [1.807, 2.05) is 12.2 Å². The molecule has 1 aromatic rings. The number of hydrogen-bond acceptors (Lipinski definition) is 2. The van der Waals surface area contributed by atoms with Crippen molar-refractivity contribution in [2.45, 2.75) is 32.2 Å². The maximum atomic E-state index is 13.8. The number of hydrogen-bond donors (Lipinski definition) is 1. The van der Waals surface area contributed by atoms with Gasteiger partial charge in [-0.15, -0.1) is 0 Å². The van der Waals surface area contributed by atoms with Crippen LogP contribution in [0.25, 0.3) is 0 Å². The maximum absolute atomic E-state index is 13.8. The van der Waals surface area contributed by atoms with Gasteiger partial charge in [-0.05, 0) is 25.3 Å². The molecule has 124 valence electrons. The van der Waals surface area contributed by atoms with Gasteiger partial charge in [-0.1, -0.05) is 24.3 Å². The van der Waals surface area contributed by atoms with E-state index in [9.17, 15) is 18.4 Å². The molecule has 1 atom stereocenters. The molecule has 2 rings (SSSR count). The Bertz CT molecular complexity index is 616. The molecule has 0 saturated carbocycles. The zero-order valence-electron chi connectivity index (χ0n) is 12.7. The minimum absolute atomic E-state index is 0.0235. The number of carbonyl (C=O) groups excluding carboxylic acids is 1. The summed E-state index contributed by atoms with van der Waals surface area (Å²) in [6, 6.07) is 3.78. The Morgan fingerprint density at radius 2 is 2.04 bits per heavy atom. The molecule has 0 spiro atoms. The average molecular weight is 323 g/mol. The van der Waals surface area contributed by atoms with E-state index < -0.39 is 17.6 Å². The van der Waals surface area contributed by atoms with Gasteiger partial charge in [0.05, 0.1) is 6.42 Å². The molecule has 0 unspecified atom stereocenters. The molecule has 0 heterocycles. The molecule has 1 N–H and O–H groups in total. The van der Waals surface area contributed by atoms with Crippen LogP contribution < -0.4 is 0 Å². The lowest BCUT2D eigenvalue weighted by Gasteiger charge is -2.28. The molecule has 6 heteroatoms. The Kier molecular flexibility index (Phi) is 5.84. The van der Waals surface area contributed by atoms with Gasteiger partial charge in [0.25, 0.3) is 0 Å². The minimum Gasteiger partial charge on any atom is -0.481 e. The van der Waals surface area contributed by atoms with Gasteiger partial charge < -0.3 is 10.0 Å². The summed E-state index contributed by atoms with van der Waals surface area (Å²) in [5.41, 5.74) is 0.0510. The number of allylic oxidation sites excluding steroid dienone is 2. The molecule has 0 fully saturated rings. The first-order valence-corrected chi connectivity index (χ1v) is 7.57. The summed E-state index contributed by atoms with van der Waals surface area (Å²) in [5, 5.41) is 8.84. The molecule has 1 aromatic carbocycles. The summed E-state index contributed by atoms with van der Waals surface area (Å²) < 4.78 is 27.1. The smallest absolute Gasteiger partial charge is 0.305 e. The quantitative estimate of drug-likeness (QED) is 0.818. The van der Waals surface area contributed by atoms with Crippen molar-refractivity contribution in [2.24, 2.45) is 5.92 Å². The second-order valence-corrected chi connectivity index (χ2v) is 5.60. The topological polar surface area (TPSA) is 57.6 Å². The number of carboxylic acid groups (broad SMARTS) is 1. The van der Waals surface area contributed by atoms with Gasteiger partial charge in [0.1, 0.15) is 0 Å². The van der Waals surface area contributed by atoms with Crippen LogP contribution in [0.5, 0.6) is 0 Å². The highest BCUT2D eigenvalue weighted by Gasteiger charge is 2.25. The van der Waals surface area contributed by atoms with Crippen molar-refractivity contribution in [1.82, 2.24) is 4.90 Å². The summed E-state index contributed by atoms with van der Waals surface area (Å²) in [6.07, 6.45) is 5.75. The Labute approximate surface area is 133 Å². The Morgan fingerprint density at radius 3 is 2.70 bits per heavy atom. The van der Waals surface area contributed by atoms with Crippen molar-refractivity contribution in [2.75, 3.05) is 6.54 Å². The van der Waals surface area contributed by atoms with Crippen LogP contribution in [-0.2, 0) is 16.1 Å². The van der Waals surface area contributed by atoms with Gasteiger partial charge in [-0.3, -0.25) is 9.59 Å². The number of amides is 1. The van der Waals surface area contributed by atoms with Crippen LogP contribution >= 0.6 is 0 Å². The van der Waals surface area contributed by atoms with Crippen LogP contribution in [-0.4, -0.2) is 28.4 Å². The fraction of sp³-hybridized carbons (Fsp3) is 0.412. The van der Waals surface area contributed by atoms with Crippen molar-refractivity contribution in [1.29, 1.82) is 0 Å². The van der Waals surface area contributed by atoms with Gasteiger partial charge in [0.15, 0.2) is 11.6 Å². The third kappa shape index (κ3) is 4.61. The number of rotatable bonds is 6. The summed E-state index contributed by atoms with van der Waals surface area (Å²) in [5.74, 6) is -3.45. The fourth-order valence-corrected chi connectivity index (χ4v) is 2.65. The van der Waals surface area contributed by atoms with E-state index in [1.165, 1.54) is 17.0 Å². The van der Waals surface area contributed by atoms with Gasteiger partial charge in [-0.2, -0.15) is 0 Å². The van der Waals surface area contributed by atoms with Crippen molar-refractivity contribution in [3.05, 3.63) is 47.5 Å². The second-order valence-electron chi connectivity index (χ2n) is 5.60. The number of nitrogens with zero attached hydrogens (tertiary/aromatic N) is 1. The highest BCUT2D eigenvalue weighted by Crippen LogP contribution is 2.22. The van der Waals surface area contributed by atoms with Gasteiger partial charge in [0.2, 0.25) is 5.91 Å². The molecule has 0 saturated heterocycles. The van der Waals surface area contributed by atoms with E-state index in [-0.39, 0.29) is 36.9 Å². The van der Waals surface area contributed by atoms with E-state index in [0.717, 1.165) is 12.5 Å². The first-order chi connectivity index (χ1) is 11.0. The number of benzene rings is 1. The SMILES string of the molecule is O=C(O)CCN(Cc1cccc(F)c1F)C(=O)[C@H]1CC=CCC1. The zero-order valence-corrected chi connectivity index (χ0v) is 12.7. The molecule has 1 amide bonds. The number of carbonyl (C=O) groups is 2. The van der Waals surface area contributed by atoms with Crippen LogP contribution in [0.3, 0.4) is 0 Å². The molecule has 23 heavy (non-hydrogen) atoms. The standard InChI is InChI=1S/C17H19F2NO3/c18-14-8-4-7-13(16(14)19)11-20(10-9-15(21)22)17(23)12-5-2-1-3-6-12/h1-2,4,7-8,12H,3,5-6,9-11H2,(H,21,22)/t12-/m0/s1. The molecule has 4 nitrogen and oxygen atoms in total. The molecular formula is C17H19F2NO3. The zero-order chi connectivity index (χ0) is 16.8. The Hall–Kier alpha value is -2.24. The third-order valence-corrected chi connectivity index (χ3v) is 3.92. The van der Waals surface area contributed by atoms with E-state index in [4.69, 9.17) is 5.11 Å². The Balaban J connectivity index is 2.15. The third-order valence-electron chi connectivity index (χ3n) is 3.92. The molecule has 0 bridgehead atoms. The number of carboxylic acids is 1. The van der Waals surface area contributed by atoms with Crippen molar-refractivity contribution >= 4 is 11.9 Å².